The maximum Gasteiger partial charge on any atom is 0.248 e. The Balaban J connectivity index is 1.99. The van der Waals surface area contributed by atoms with Crippen LogP contribution in [0.3, 0.4) is 0 Å². The van der Waals surface area contributed by atoms with Gasteiger partial charge in [0.2, 0.25) is 11.8 Å². The number of hydrogen-bond donors (Lipinski definition) is 3. The van der Waals surface area contributed by atoms with Crippen LogP contribution in [0.2, 0.25) is 0 Å². The first-order valence-corrected chi connectivity index (χ1v) is 7.10. The average molecular weight is 315 g/mol. The lowest BCUT2D eigenvalue weighted by Gasteiger charge is -2.16. The number of aryl methyl sites for hydroxylation is 1. The topological polar surface area (TPSA) is 84.2 Å². The third-order valence-electron chi connectivity index (χ3n) is 3.39. The minimum absolute atomic E-state index is 0.280. The van der Waals surface area contributed by atoms with Crippen LogP contribution in [0.25, 0.3) is 0 Å². The van der Waals surface area contributed by atoms with E-state index < -0.39 is 11.9 Å². The Morgan fingerprint density at radius 2 is 1.70 bits per heavy atom. The van der Waals surface area contributed by atoms with Crippen LogP contribution in [0, 0.1) is 12.7 Å². The second kappa shape index (κ2) is 6.91. The van der Waals surface area contributed by atoms with Crippen LogP contribution in [-0.2, 0) is 4.79 Å². The molecule has 0 unspecified atom stereocenters. The van der Waals surface area contributed by atoms with Crippen LogP contribution in [0.15, 0.2) is 42.5 Å². The summed E-state index contributed by atoms with van der Waals surface area (Å²) in [5.74, 6) is -1.14. The largest absolute Gasteiger partial charge is 0.374 e. The summed E-state index contributed by atoms with van der Waals surface area (Å²) in [6.45, 7) is 3.34. The van der Waals surface area contributed by atoms with Crippen molar-refractivity contribution in [3.63, 3.8) is 0 Å². The number of nitrogens with two attached hydrogens (primary N) is 1. The van der Waals surface area contributed by atoms with Gasteiger partial charge >= 0.3 is 0 Å². The standard InChI is InChI=1S/C17H18FN3O2/c1-10-3-6-14(9-15(10)18)20-11(2)17(23)21-13-7-4-12(5-8-13)16(19)22/h3-9,11,20H,1-2H3,(H2,19,22)(H,21,23)/t11-/m0/s1. The molecule has 2 aromatic rings. The maximum atomic E-state index is 13.5. The fourth-order valence-electron chi connectivity index (χ4n) is 1.97. The van der Waals surface area contributed by atoms with Crippen molar-refractivity contribution >= 4 is 23.2 Å². The fourth-order valence-corrected chi connectivity index (χ4v) is 1.97. The summed E-state index contributed by atoms with van der Waals surface area (Å²) in [7, 11) is 0. The van der Waals surface area contributed by atoms with E-state index in [9.17, 15) is 14.0 Å². The van der Waals surface area contributed by atoms with Crippen LogP contribution in [0.5, 0.6) is 0 Å². The third kappa shape index (κ3) is 4.29. The lowest BCUT2D eigenvalue weighted by Crippen LogP contribution is -2.31. The number of primary amides is 1. The van der Waals surface area contributed by atoms with Crippen molar-refractivity contribution in [3.8, 4) is 0 Å². The first-order chi connectivity index (χ1) is 10.9. The van der Waals surface area contributed by atoms with E-state index in [0.717, 1.165) is 0 Å². The number of benzene rings is 2. The highest BCUT2D eigenvalue weighted by atomic mass is 19.1. The molecule has 2 rings (SSSR count). The number of halogens is 1. The molecule has 0 radical (unpaired) electrons. The van der Waals surface area contributed by atoms with Gasteiger partial charge < -0.3 is 16.4 Å². The highest BCUT2D eigenvalue weighted by molar-refractivity contribution is 5.97. The number of carbonyl (C=O) groups excluding carboxylic acids is 2. The summed E-state index contributed by atoms with van der Waals surface area (Å²) in [4.78, 5) is 23.1. The van der Waals surface area contributed by atoms with Crippen molar-refractivity contribution in [1.82, 2.24) is 0 Å². The van der Waals surface area contributed by atoms with E-state index in [-0.39, 0.29) is 11.7 Å². The van der Waals surface area contributed by atoms with Gasteiger partial charge in [0.15, 0.2) is 0 Å². The SMILES string of the molecule is Cc1ccc(N[C@@H](C)C(=O)Nc2ccc(C(N)=O)cc2)cc1F. The molecule has 0 bridgehead atoms. The van der Waals surface area contributed by atoms with E-state index >= 15 is 0 Å². The van der Waals surface area contributed by atoms with E-state index in [1.807, 2.05) is 0 Å². The summed E-state index contributed by atoms with van der Waals surface area (Å²) in [6.07, 6.45) is 0. The number of hydrogen-bond acceptors (Lipinski definition) is 3. The second-order valence-corrected chi connectivity index (χ2v) is 5.26. The zero-order chi connectivity index (χ0) is 17.0. The zero-order valence-corrected chi connectivity index (χ0v) is 12.9. The Morgan fingerprint density at radius 3 is 2.26 bits per heavy atom. The molecule has 120 valence electrons. The lowest BCUT2D eigenvalue weighted by molar-refractivity contribution is -0.116. The van der Waals surface area contributed by atoms with Crippen molar-refractivity contribution in [2.24, 2.45) is 5.73 Å². The Hall–Kier alpha value is -2.89. The Kier molecular flexibility index (Phi) is 4.95. The highest BCUT2D eigenvalue weighted by Gasteiger charge is 2.13. The predicted octanol–water partition coefficient (Wildman–Crippen LogP) is 2.67. The Morgan fingerprint density at radius 1 is 1.09 bits per heavy atom. The molecule has 5 nitrogen and oxygen atoms in total. The van der Waals surface area contributed by atoms with Gasteiger partial charge in [-0.15, -0.1) is 0 Å². The average Bonchev–Trinajstić information content (AvgIpc) is 2.51. The van der Waals surface area contributed by atoms with Gasteiger partial charge in [-0.05, 0) is 55.8 Å². The van der Waals surface area contributed by atoms with Gasteiger partial charge in [-0.25, -0.2) is 4.39 Å². The smallest absolute Gasteiger partial charge is 0.248 e. The van der Waals surface area contributed by atoms with Crippen molar-refractivity contribution in [2.45, 2.75) is 19.9 Å². The number of carbonyl (C=O) groups is 2. The van der Waals surface area contributed by atoms with E-state index in [1.54, 1.807) is 38.1 Å². The highest BCUT2D eigenvalue weighted by Crippen LogP contribution is 2.15. The monoisotopic (exact) mass is 315 g/mol. The van der Waals surface area contributed by atoms with E-state index in [2.05, 4.69) is 10.6 Å². The number of rotatable bonds is 5. The van der Waals surface area contributed by atoms with Gasteiger partial charge in [-0.3, -0.25) is 9.59 Å². The van der Waals surface area contributed by atoms with Gasteiger partial charge in [-0.1, -0.05) is 6.07 Å². The molecule has 2 amide bonds. The molecule has 0 saturated heterocycles. The summed E-state index contributed by atoms with van der Waals surface area (Å²) in [6, 6.07) is 10.4. The molecule has 2 aromatic carbocycles. The molecule has 23 heavy (non-hydrogen) atoms. The van der Waals surface area contributed by atoms with Crippen LogP contribution >= 0.6 is 0 Å². The molecule has 4 N–H and O–H groups in total. The zero-order valence-electron chi connectivity index (χ0n) is 12.9. The predicted molar refractivity (Wildman–Crippen MR) is 87.8 cm³/mol. The number of nitrogens with one attached hydrogen (secondary N) is 2. The molecule has 6 heteroatoms. The Bertz CT molecular complexity index is 729. The summed E-state index contributed by atoms with van der Waals surface area (Å²) >= 11 is 0. The molecule has 0 aliphatic carbocycles. The summed E-state index contributed by atoms with van der Waals surface area (Å²) in [5, 5.41) is 5.64. The molecule has 0 aliphatic rings. The van der Waals surface area contributed by atoms with Gasteiger partial charge in [0.1, 0.15) is 11.9 Å². The molecule has 0 saturated carbocycles. The van der Waals surface area contributed by atoms with Gasteiger partial charge in [0, 0.05) is 16.9 Å². The van der Waals surface area contributed by atoms with Crippen molar-refractivity contribution < 1.29 is 14.0 Å². The van der Waals surface area contributed by atoms with Gasteiger partial charge in [0.25, 0.3) is 0 Å². The lowest BCUT2D eigenvalue weighted by atomic mass is 10.2. The molecule has 0 aliphatic heterocycles. The second-order valence-electron chi connectivity index (χ2n) is 5.26. The van der Waals surface area contributed by atoms with E-state index in [1.165, 1.54) is 18.2 Å². The van der Waals surface area contributed by atoms with E-state index in [0.29, 0.717) is 22.5 Å². The van der Waals surface area contributed by atoms with Gasteiger partial charge in [0.05, 0.1) is 0 Å². The van der Waals surface area contributed by atoms with Crippen LogP contribution in [-0.4, -0.2) is 17.9 Å². The van der Waals surface area contributed by atoms with Crippen molar-refractivity contribution in [3.05, 3.63) is 59.4 Å². The molecular formula is C17H18FN3O2. The quantitative estimate of drug-likeness (QED) is 0.793. The molecule has 0 fully saturated rings. The molecular weight excluding hydrogens is 297 g/mol. The number of anilines is 2. The Labute approximate surface area is 133 Å². The fraction of sp³-hybridized carbons (Fsp3) is 0.176. The normalized spacial score (nSPS) is 11.6. The molecule has 0 aromatic heterocycles. The van der Waals surface area contributed by atoms with Gasteiger partial charge in [-0.2, -0.15) is 0 Å². The minimum atomic E-state index is -0.562. The third-order valence-corrected chi connectivity index (χ3v) is 3.39. The molecule has 0 spiro atoms. The van der Waals surface area contributed by atoms with Crippen molar-refractivity contribution in [1.29, 1.82) is 0 Å². The van der Waals surface area contributed by atoms with Crippen LogP contribution in [0.1, 0.15) is 22.8 Å². The first-order valence-electron chi connectivity index (χ1n) is 7.10. The van der Waals surface area contributed by atoms with E-state index in [4.69, 9.17) is 5.73 Å². The molecule has 1 atom stereocenters. The summed E-state index contributed by atoms with van der Waals surface area (Å²) in [5.41, 5.74) is 7.14. The maximum absolute atomic E-state index is 13.5. The molecule has 0 heterocycles. The first kappa shape index (κ1) is 16.5. The van der Waals surface area contributed by atoms with Crippen molar-refractivity contribution in [2.75, 3.05) is 10.6 Å². The van der Waals surface area contributed by atoms with Crippen LogP contribution < -0.4 is 16.4 Å². The summed E-state index contributed by atoms with van der Waals surface area (Å²) < 4.78 is 13.5. The van der Waals surface area contributed by atoms with Crippen LogP contribution in [0.4, 0.5) is 15.8 Å². The minimum Gasteiger partial charge on any atom is -0.374 e. The number of amides is 2.